The van der Waals surface area contributed by atoms with E-state index >= 15 is 0 Å². The number of hydrogen-bond acceptors (Lipinski definition) is 3. The smallest absolute Gasteiger partial charge is 0.150 e. The highest BCUT2D eigenvalue weighted by Gasteiger charge is 2.03. The molecule has 0 bridgehead atoms. The standard InChI is InChI=1S/C18H13NO2/c20-12-13-1-3-14(4-2-13)16-9-17(11-19-10-16)15-5-7-18(21)8-6-15/h1-12,21H. The van der Waals surface area contributed by atoms with Crippen molar-refractivity contribution >= 4 is 6.29 Å². The Hall–Kier alpha value is -2.94. The van der Waals surface area contributed by atoms with Gasteiger partial charge >= 0.3 is 0 Å². The Balaban J connectivity index is 1.99. The SMILES string of the molecule is O=Cc1ccc(-c2cncc(-c3ccc(O)cc3)c2)cc1. The minimum atomic E-state index is 0.243. The van der Waals surface area contributed by atoms with Gasteiger partial charge in [-0.25, -0.2) is 0 Å². The molecule has 102 valence electrons. The molecule has 0 fully saturated rings. The molecule has 0 spiro atoms. The van der Waals surface area contributed by atoms with Crippen molar-refractivity contribution in [3.05, 3.63) is 72.6 Å². The summed E-state index contributed by atoms with van der Waals surface area (Å²) in [4.78, 5) is 15.0. The summed E-state index contributed by atoms with van der Waals surface area (Å²) in [5, 5.41) is 9.34. The van der Waals surface area contributed by atoms with Crippen molar-refractivity contribution in [2.24, 2.45) is 0 Å². The first-order valence-electron chi connectivity index (χ1n) is 6.56. The number of phenols is 1. The Labute approximate surface area is 122 Å². The van der Waals surface area contributed by atoms with E-state index in [1.165, 1.54) is 0 Å². The average molecular weight is 275 g/mol. The van der Waals surface area contributed by atoms with Crippen molar-refractivity contribution in [3.8, 4) is 28.0 Å². The van der Waals surface area contributed by atoms with Gasteiger partial charge in [0, 0.05) is 29.1 Å². The van der Waals surface area contributed by atoms with Crippen LogP contribution >= 0.6 is 0 Å². The molecule has 1 aromatic heterocycles. The maximum absolute atomic E-state index is 10.7. The van der Waals surface area contributed by atoms with Crippen LogP contribution in [0.4, 0.5) is 0 Å². The lowest BCUT2D eigenvalue weighted by Crippen LogP contribution is -1.85. The van der Waals surface area contributed by atoms with Crippen molar-refractivity contribution < 1.29 is 9.90 Å². The second-order valence-corrected chi connectivity index (χ2v) is 4.75. The van der Waals surface area contributed by atoms with Gasteiger partial charge in [0.15, 0.2) is 0 Å². The zero-order chi connectivity index (χ0) is 14.7. The van der Waals surface area contributed by atoms with E-state index in [-0.39, 0.29) is 5.75 Å². The zero-order valence-corrected chi connectivity index (χ0v) is 11.2. The normalized spacial score (nSPS) is 10.3. The summed E-state index contributed by atoms with van der Waals surface area (Å²) < 4.78 is 0. The molecule has 0 unspecified atom stereocenters. The maximum Gasteiger partial charge on any atom is 0.150 e. The number of aromatic hydroxyl groups is 1. The second-order valence-electron chi connectivity index (χ2n) is 4.75. The molecule has 3 nitrogen and oxygen atoms in total. The van der Waals surface area contributed by atoms with Crippen LogP contribution in [0.15, 0.2) is 67.0 Å². The van der Waals surface area contributed by atoms with Gasteiger partial charge in [-0.2, -0.15) is 0 Å². The van der Waals surface area contributed by atoms with E-state index in [1.54, 1.807) is 36.7 Å². The molecule has 2 aromatic carbocycles. The van der Waals surface area contributed by atoms with E-state index in [2.05, 4.69) is 4.98 Å². The predicted molar refractivity (Wildman–Crippen MR) is 82.2 cm³/mol. The molecule has 1 heterocycles. The third-order valence-corrected chi connectivity index (χ3v) is 3.32. The van der Waals surface area contributed by atoms with E-state index < -0.39 is 0 Å². The minimum absolute atomic E-state index is 0.243. The number of aromatic nitrogens is 1. The number of hydrogen-bond donors (Lipinski definition) is 1. The molecule has 0 aliphatic carbocycles. The van der Waals surface area contributed by atoms with Crippen molar-refractivity contribution in [1.82, 2.24) is 4.98 Å². The largest absolute Gasteiger partial charge is 0.508 e. The highest BCUT2D eigenvalue weighted by molar-refractivity contribution is 5.78. The zero-order valence-electron chi connectivity index (χ0n) is 11.2. The molecule has 0 aliphatic heterocycles. The van der Waals surface area contributed by atoms with Gasteiger partial charge in [0.2, 0.25) is 0 Å². The van der Waals surface area contributed by atoms with E-state index in [1.807, 2.05) is 30.3 Å². The van der Waals surface area contributed by atoms with Gasteiger partial charge in [0.1, 0.15) is 12.0 Å². The minimum Gasteiger partial charge on any atom is -0.508 e. The Kier molecular flexibility index (Phi) is 3.48. The van der Waals surface area contributed by atoms with Gasteiger partial charge in [-0.15, -0.1) is 0 Å². The molecule has 1 N–H and O–H groups in total. The highest BCUT2D eigenvalue weighted by atomic mass is 16.3. The average Bonchev–Trinajstić information content (AvgIpc) is 2.56. The van der Waals surface area contributed by atoms with Crippen LogP contribution < -0.4 is 0 Å². The predicted octanol–water partition coefficient (Wildman–Crippen LogP) is 3.93. The fourth-order valence-electron chi connectivity index (χ4n) is 2.16. The quantitative estimate of drug-likeness (QED) is 0.737. The number of aldehydes is 1. The van der Waals surface area contributed by atoms with Crippen molar-refractivity contribution in [1.29, 1.82) is 0 Å². The molecule has 0 amide bonds. The van der Waals surface area contributed by atoms with Gasteiger partial charge in [-0.1, -0.05) is 36.4 Å². The molecular formula is C18H13NO2. The third kappa shape index (κ3) is 2.82. The lowest BCUT2D eigenvalue weighted by Gasteiger charge is -2.06. The number of pyridine rings is 1. The Morgan fingerprint density at radius 3 is 1.81 bits per heavy atom. The van der Waals surface area contributed by atoms with Crippen LogP contribution in [0.5, 0.6) is 5.75 Å². The summed E-state index contributed by atoms with van der Waals surface area (Å²) in [7, 11) is 0. The molecule has 3 rings (SSSR count). The highest BCUT2D eigenvalue weighted by Crippen LogP contribution is 2.26. The summed E-state index contributed by atoms with van der Waals surface area (Å²) in [5.41, 5.74) is 4.62. The van der Waals surface area contributed by atoms with E-state index in [9.17, 15) is 9.90 Å². The molecule has 0 radical (unpaired) electrons. The molecule has 21 heavy (non-hydrogen) atoms. The fraction of sp³-hybridized carbons (Fsp3) is 0. The molecule has 3 aromatic rings. The van der Waals surface area contributed by atoms with Gasteiger partial charge in [0.25, 0.3) is 0 Å². The second kappa shape index (κ2) is 5.59. The Morgan fingerprint density at radius 2 is 1.29 bits per heavy atom. The van der Waals surface area contributed by atoms with Gasteiger partial charge in [-0.3, -0.25) is 9.78 Å². The first-order valence-corrected chi connectivity index (χ1v) is 6.56. The van der Waals surface area contributed by atoms with Crippen LogP contribution in [-0.2, 0) is 0 Å². The molecule has 3 heteroatoms. The van der Waals surface area contributed by atoms with Crippen LogP contribution in [0, 0.1) is 0 Å². The molecule has 0 aliphatic rings. The topological polar surface area (TPSA) is 50.2 Å². The number of carbonyl (C=O) groups is 1. The van der Waals surface area contributed by atoms with Crippen molar-refractivity contribution in [2.45, 2.75) is 0 Å². The summed E-state index contributed by atoms with van der Waals surface area (Å²) in [6.07, 6.45) is 4.41. The number of nitrogens with zero attached hydrogens (tertiary/aromatic N) is 1. The summed E-state index contributed by atoms with van der Waals surface area (Å²) in [6.45, 7) is 0. The Bertz CT molecular complexity index is 762. The van der Waals surface area contributed by atoms with Gasteiger partial charge < -0.3 is 5.11 Å². The van der Waals surface area contributed by atoms with Gasteiger partial charge in [0.05, 0.1) is 0 Å². The lowest BCUT2D eigenvalue weighted by atomic mass is 10.0. The third-order valence-electron chi connectivity index (χ3n) is 3.32. The summed E-state index contributed by atoms with van der Waals surface area (Å²) >= 11 is 0. The summed E-state index contributed by atoms with van der Waals surface area (Å²) in [6, 6.07) is 16.4. The number of benzene rings is 2. The monoisotopic (exact) mass is 275 g/mol. The number of carbonyl (C=O) groups excluding carboxylic acids is 1. The van der Waals surface area contributed by atoms with Crippen LogP contribution in [-0.4, -0.2) is 16.4 Å². The first kappa shape index (κ1) is 13.1. The van der Waals surface area contributed by atoms with E-state index in [0.717, 1.165) is 28.5 Å². The van der Waals surface area contributed by atoms with Crippen molar-refractivity contribution in [2.75, 3.05) is 0 Å². The molecule has 0 atom stereocenters. The van der Waals surface area contributed by atoms with Crippen molar-refractivity contribution in [3.63, 3.8) is 0 Å². The molecule has 0 saturated carbocycles. The number of rotatable bonds is 3. The van der Waals surface area contributed by atoms with Crippen LogP contribution in [0.25, 0.3) is 22.3 Å². The number of phenolic OH excluding ortho intramolecular Hbond substituents is 1. The Morgan fingerprint density at radius 1 is 0.762 bits per heavy atom. The maximum atomic E-state index is 10.7. The first-order chi connectivity index (χ1) is 10.3. The molecular weight excluding hydrogens is 262 g/mol. The fourth-order valence-corrected chi connectivity index (χ4v) is 2.16. The van der Waals surface area contributed by atoms with Gasteiger partial charge in [-0.05, 0) is 29.3 Å². The van der Waals surface area contributed by atoms with E-state index in [4.69, 9.17) is 0 Å². The lowest BCUT2D eigenvalue weighted by molar-refractivity contribution is 0.112. The van der Waals surface area contributed by atoms with E-state index in [0.29, 0.717) is 5.56 Å². The molecule has 0 saturated heterocycles. The summed E-state index contributed by atoms with van der Waals surface area (Å²) in [5.74, 6) is 0.243. The van der Waals surface area contributed by atoms with Crippen LogP contribution in [0.3, 0.4) is 0 Å². The van der Waals surface area contributed by atoms with Crippen LogP contribution in [0.1, 0.15) is 10.4 Å². The van der Waals surface area contributed by atoms with Crippen LogP contribution in [0.2, 0.25) is 0 Å².